The minimum absolute atomic E-state index is 0.104. The number of hydrogen-bond acceptors (Lipinski definition) is 4. The molecule has 0 saturated heterocycles. The Kier molecular flexibility index (Phi) is 4.00. The van der Waals surface area contributed by atoms with Crippen molar-refractivity contribution in [3.63, 3.8) is 0 Å². The van der Waals surface area contributed by atoms with Crippen LogP contribution in [0.25, 0.3) is 0 Å². The van der Waals surface area contributed by atoms with E-state index in [9.17, 15) is 5.26 Å². The Hall–Kier alpha value is -2.82. The molecule has 0 bridgehead atoms. The van der Waals surface area contributed by atoms with Gasteiger partial charge in [-0.15, -0.1) is 0 Å². The van der Waals surface area contributed by atoms with Gasteiger partial charge in [-0.05, 0) is 29.8 Å². The molecule has 4 heteroatoms. The Morgan fingerprint density at radius 2 is 1.65 bits per heavy atom. The maximum Gasteiger partial charge on any atom is 0.101 e. The molecule has 98 valence electrons. The number of anilines is 2. The van der Waals surface area contributed by atoms with E-state index in [2.05, 4.69) is 12.1 Å². The maximum absolute atomic E-state index is 9.24. The Morgan fingerprint density at radius 1 is 1.00 bits per heavy atom. The van der Waals surface area contributed by atoms with Crippen molar-refractivity contribution >= 4 is 11.4 Å². The molecule has 0 aromatic heterocycles. The van der Waals surface area contributed by atoms with Crippen molar-refractivity contribution in [1.29, 1.82) is 10.5 Å². The van der Waals surface area contributed by atoms with Crippen molar-refractivity contribution in [3.8, 4) is 12.1 Å². The summed E-state index contributed by atoms with van der Waals surface area (Å²) in [6.45, 7) is -0.104. The summed E-state index contributed by atoms with van der Waals surface area (Å²) in [4.78, 5) is 1.80. The first kappa shape index (κ1) is 13.6. The lowest BCUT2D eigenvalue weighted by atomic mass is 10.1. The number of aliphatic hydroxyl groups is 1. The normalized spacial score (nSPS) is 9.60. The smallest absolute Gasteiger partial charge is 0.101 e. The minimum atomic E-state index is -0.104. The summed E-state index contributed by atoms with van der Waals surface area (Å²) < 4.78 is 0. The molecule has 2 aromatic rings. The molecule has 0 heterocycles. The van der Waals surface area contributed by atoms with Crippen molar-refractivity contribution in [2.24, 2.45) is 0 Å². The van der Waals surface area contributed by atoms with Crippen molar-refractivity contribution in [3.05, 3.63) is 59.2 Å². The van der Waals surface area contributed by atoms with Gasteiger partial charge in [-0.2, -0.15) is 10.5 Å². The van der Waals surface area contributed by atoms with Crippen LogP contribution in [-0.2, 0) is 6.61 Å². The molecule has 0 fully saturated rings. The molecule has 0 unspecified atom stereocenters. The van der Waals surface area contributed by atoms with Crippen LogP contribution in [0.4, 0.5) is 11.4 Å². The standard InChI is InChI=1S/C16H13N3O/c1-19(15-5-3-2-4-13(15)9-17)16-7-6-12(11-20)8-14(16)10-18/h2-8,20H,11H2,1H3. The summed E-state index contributed by atoms with van der Waals surface area (Å²) in [6, 6.07) is 16.7. The van der Waals surface area contributed by atoms with Gasteiger partial charge in [0.05, 0.1) is 29.1 Å². The van der Waals surface area contributed by atoms with E-state index >= 15 is 0 Å². The van der Waals surface area contributed by atoms with E-state index in [1.165, 1.54) is 0 Å². The van der Waals surface area contributed by atoms with Crippen LogP contribution < -0.4 is 4.90 Å². The number of rotatable bonds is 3. The molecule has 0 aliphatic carbocycles. The molecule has 0 radical (unpaired) electrons. The Morgan fingerprint density at radius 3 is 2.30 bits per heavy atom. The molecular weight excluding hydrogens is 250 g/mol. The van der Waals surface area contributed by atoms with Gasteiger partial charge in [0, 0.05) is 7.05 Å². The molecular formula is C16H13N3O. The summed E-state index contributed by atoms with van der Waals surface area (Å²) in [5.41, 5.74) is 3.14. The topological polar surface area (TPSA) is 71.1 Å². The number of hydrogen-bond donors (Lipinski definition) is 1. The third-order valence-electron chi connectivity index (χ3n) is 3.11. The molecule has 20 heavy (non-hydrogen) atoms. The highest BCUT2D eigenvalue weighted by molar-refractivity contribution is 5.73. The van der Waals surface area contributed by atoms with Gasteiger partial charge in [0.1, 0.15) is 12.1 Å². The van der Waals surface area contributed by atoms with Crippen LogP contribution in [0, 0.1) is 22.7 Å². The molecule has 0 saturated carbocycles. The number of aliphatic hydroxyl groups excluding tert-OH is 1. The summed E-state index contributed by atoms with van der Waals surface area (Å²) in [7, 11) is 1.81. The lowest BCUT2D eigenvalue weighted by Gasteiger charge is -2.22. The van der Waals surface area contributed by atoms with E-state index in [-0.39, 0.29) is 6.61 Å². The van der Waals surface area contributed by atoms with Crippen molar-refractivity contribution in [2.75, 3.05) is 11.9 Å². The summed E-state index contributed by atoms with van der Waals surface area (Å²) >= 11 is 0. The maximum atomic E-state index is 9.24. The molecule has 0 amide bonds. The Labute approximate surface area is 117 Å². The highest BCUT2D eigenvalue weighted by Crippen LogP contribution is 2.29. The fraction of sp³-hybridized carbons (Fsp3) is 0.125. The van der Waals surface area contributed by atoms with Crippen molar-refractivity contribution in [2.45, 2.75) is 6.61 Å². The van der Waals surface area contributed by atoms with E-state index in [0.29, 0.717) is 22.4 Å². The SMILES string of the molecule is CN(c1ccccc1C#N)c1ccc(CO)cc1C#N. The Bertz CT molecular complexity index is 710. The van der Waals surface area contributed by atoms with Crippen LogP contribution in [0.3, 0.4) is 0 Å². The summed E-state index contributed by atoms with van der Waals surface area (Å²) in [5, 5.41) is 27.5. The average molecular weight is 263 g/mol. The molecule has 1 N–H and O–H groups in total. The number of para-hydroxylation sites is 1. The van der Waals surface area contributed by atoms with E-state index < -0.39 is 0 Å². The van der Waals surface area contributed by atoms with Crippen LogP contribution in [0.5, 0.6) is 0 Å². The van der Waals surface area contributed by atoms with E-state index in [1.54, 1.807) is 35.2 Å². The van der Waals surface area contributed by atoms with Gasteiger partial charge < -0.3 is 10.0 Å². The second-order valence-electron chi connectivity index (χ2n) is 4.31. The lowest BCUT2D eigenvalue weighted by Crippen LogP contribution is -2.12. The first-order chi connectivity index (χ1) is 9.71. The number of nitriles is 2. The predicted octanol–water partition coefficient (Wildman–Crippen LogP) is 2.69. The Balaban J connectivity index is 2.52. The van der Waals surface area contributed by atoms with Crippen LogP contribution in [0.15, 0.2) is 42.5 Å². The number of nitrogens with zero attached hydrogens (tertiary/aromatic N) is 3. The monoisotopic (exact) mass is 263 g/mol. The zero-order chi connectivity index (χ0) is 14.5. The van der Waals surface area contributed by atoms with Crippen LogP contribution in [-0.4, -0.2) is 12.2 Å². The quantitative estimate of drug-likeness (QED) is 0.924. The highest BCUT2D eigenvalue weighted by atomic mass is 16.3. The van der Waals surface area contributed by atoms with Gasteiger partial charge in [0.15, 0.2) is 0 Å². The molecule has 0 atom stereocenters. The van der Waals surface area contributed by atoms with Gasteiger partial charge in [0.2, 0.25) is 0 Å². The summed E-state index contributed by atoms with van der Waals surface area (Å²) in [6.07, 6.45) is 0. The van der Waals surface area contributed by atoms with Gasteiger partial charge >= 0.3 is 0 Å². The summed E-state index contributed by atoms with van der Waals surface area (Å²) in [5.74, 6) is 0. The van der Waals surface area contributed by atoms with Gasteiger partial charge in [-0.25, -0.2) is 0 Å². The first-order valence-corrected chi connectivity index (χ1v) is 6.08. The predicted molar refractivity (Wildman–Crippen MR) is 76.3 cm³/mol. The minimum Gasteiger partial charge on any atom is -0.392 e. The molecule has 4 nitrogen and oxygen atoms in total. The van der Waals surface area contributed by atoms with E-state index in [0.717, 1.165) is 5.69 Å². The zero-order valence-corrected chi connectivity index (χ0v) is 11.0. The third kappa shape index (κ3) is 2.47. The van der Waals surface area contributed by atoms with Crippen molar-refractivity contribution in [1.82, 2.24) is 0 Å². The largest absolute Gasteiger partial charge is 0.392 e. The van der Waals surface area contributed by atoms with E-state index in [1.807, 2.05) is 19.2 Å². The second kappa shape index (κ2) is 5.88. The molecule has 0 aliphatic heterocycles. The fourth-order valence-electron chi connectivity index (χ4n) is 2.05. The third-order valence-corrected chi connectivity index (χ3v) is 3.11. The molecule has 2 rings (SSSR count). The molecule has 0 spiro atoms. The van der Waals surface area contributed by atoms with Crippen LogP contribution >= 0.6 is 0 Å². The highest BCUT2D eigenvalue weighted by Gasteiger charge is 2.12. The first-order valence-electron chi connectivity index (χ1n) is 6.08. The second-order valence-corrected chi connectivity index (χ2v) is 4.31. The average Bonchev–Trinajstić information content (AvgIpc) is 2.53. The van der Waals surface area contributed by atoms with Gasteiger partial charge in [-0.1, -0.05) is 18.2 Å². The zero-order valence-electron chi connectivity index (χ0n) is 11.0. The fourth-order valence-corrected chi connectivity index (χ4v) is 2.05. The van der Waals surface area contributed by atoms with Gasteiger partial charge in [0.25, 0.3) is 0 Å². The van der Waals surface area contributed by atoms with Crippen molar-refractivity contribution < 1.29 is 5.11 Å². The van der Waals surface area contributed by atoms with Crippen LogP contribution in [0.2, 0.25) is 0 Å². The lowest BCUT2D eigenvalue weighted by molar-refractivity contribution is 0.282. The number of benzene rings is 2. The van der Waals surface area contributed by atoms with Gasteiger partial charge in [-0.3, -0.25) is 0 Å². The van der Waals surface area contributed by atoms with Crippen LogP contribution in [0.1, 0.15) is 16.7 Å². The van der Waals surface area contributed by atoms with E-state index in [4.69, 9.17) is 10.4 Å². The molecule has 0 aliphatic rings. The molecule has 2 aromatic carbocycles.